The fourth-order valence-electron chi connectivity index (χ4n) is 3.14. The molecule has 1 aromatic carbocycles. The Labute approximate surface area is 155 Å². The lowest BCUT2D eigenvalue weighted by molar-refractivity contribution is -0.115. The molecule has 0 atom stereocenters. The first kappa shape index (κ1) is 18.1. The molecule has 1 aliphatic heterocycles. The summed E-state index contributed by atoms with van der Waals surface area (Å²) in [6.07, 6.45) is 1.60. The van der Waals surface area contributed by atoms with E-state index in [9.17, 15) is 14.4 Å². The second-order valence-electron chi connectivity index (χ2n) is 6.22. The van der Waals surface area contributed by atoms with Gasteiger partial charge < -0.3 is 15.5 Å². The molecule has 0 unspecified atom stereocenters. The molecule has 0 bridgehead atoms. The van der Waals surface area contributed by atoms with Crippen LogP contribution in [0, 0.1) is 6.92 Å². The molecule has 1 aromatic heterocycles. The summed E-state index contributed by atoms with van der Waals surface area (Å²) in [7, 11) is 0. The van der Waals surface area contributed by atoms with Crippen LogP contribution < -0.4 is 15.5 Å². The van der Waals surface area contributed by atoms with Gasteiger partial charge in [-0.05, 0) is 37.0 Å². The maximum absolute atomic E-state index is 13.0. The maximum Gasteiger partial charge on any atom is 0.277 e. The number of aromatic nitrogens is 1. The van der Waals surface area contributed by atoms with E-state index in [0.29, 0.717) is 17.4 Å². The van der Waals surface area contributed by atoms with Crippen molar-refractivity contribution in [1.82, 2.24) is 4.98 Å². The van der Waals surface area contributed by atoms with Gasteiger partial charge in [0, 0.05) is 31.5 Å². The van der Waals surface area contributed by atoms with Gasteiger partial charge in [-0.15, -0.1) is 11.3 Å². The van der Waals surface area contributed by atoms with E-state index in [-0.39, 0.29) is 17.7 Å². The summed E-state index contributed by atoms with van der Waals surface area (Å²) in [6.45, 7) is 5.41. The Kier molecular flexibility index (Phi) is 5.03. The van der Waals surface area contributed by atoms with Crippen LogP contribution in [0.25, 0.3) is 0 Å². The molecule has 8 heteroatoms. The van der Waals surface area contributed by atoms with Gasteiger partial charge in [-0.2, -0.15) is 0 Å². The quantitative estimate of drug-likeness (QED) is 0.866. The molecule has 2 heterocycles. The van der Waals surface area contributed by atoms with Crippen LogP contribution in [0.3, 0.4) is 0 Å². The summed E-state index contributed by atoms with van der Waals surface area (Å²) >= 11 is 1.22. The van der Waals surface area contributed by atoms with Crippen LogP contribution in [0.5, 0.6) is 0 Å². The lowest BCUT2D eigenvalue weighted by Crippen LogP contribution is -2.36. The maximum atomic E-state index is 13.0. The first-order valence-electron chi connectivity index (χ1n) is 8.32. The Hall–Kier alpha value is -2.74. The van der Waals surface area contributed by atoms with E-state index in [1.54, 1.807) is 10.3 Å². The number of carbonyl (C=O) groups is 3. The average Bonchev–Trinajstić information content (AvgIpc) is 3.03. The number of thiazole rings is 1. The molecule has 0 spiro atoms. The minimum atomic E-state index is -0.225. The van der Waals surface area contributed by atoms with E-state index in [2.05, 4.69) is 15.6 Å². The van der Waals surface area contributed by atoms with Crippen LogP contribution in [0.15, 0.2) is 17.5 Å². The number of anilines is 3. The van der Waals surface area contributed by atoms with Crippen LogP contribution in [0.4, 0.5) is 16.5 Å². The van der Waals surface area contributed by atoms with Gasteiger partial charge in [0.2, 0.25) is 11.8 Å². The molecule has 0 radical (unpaired) electrons. The van der Waals surface area contributed by atoms with Crippen LogP contribution in [0.2, 0.25) is 0 Å². The highest BCUT2D eigenvalue weighted by Crippen LogP contribution is 2.37. The number of carbonyl (C=O) groups excluding carboxylic acids is 3. The zero-order valence-corrected chi connectivity index (χ0v) is 15.7. The third-order valence-corrected chi connectivity index (χ3v) is 4.88. The second kappa shape index (κ2) is 7.25. The van der Waals surface area contributed by atoms with Crippen molar-refractivity contribution in [3.8, 4) is 0 Å². The van der Waals surface area contributed by atoms with Gasteiger partial charge in [0.15, 0.2) is 5.13 Å². The van der Waals surface area contributed by atoms with Crippen molar-refractivity contribution in [3.05, 3.63) is 34.3 Å². The fourth-order valence-corrected chi connectivity index (χ4v) is 3.87. The second-order valence-corrected chi connectivity index (χ2v) is 7.08. The van der Waals surface area contributed by atoms with E-state index >= 15 is 0 Å². The third kappa shape index (κ3) is 3.60. The average molecular weight is 372 g/mol. The molecule has 26 heavy (non-hydrogen) atoms. The number of fused-ring (bicyclic) bond motifs is 1. The zero-order chi connectivity index (χ0) is 18.8. The molecule has 0 saturated carbocycles. The van der Waals surface area contributed by atoms with Crippen molar-refractivity contribution in [2.24, 2.45) is 0 Å². The minimum absolute atomic E-state index is 0.140. The first-order chi connectivity index (χ1) is 12.4. The van der Waals surface area contributed by atoms with Crippen molar-refractivity contribution in [1.29, 1.82) is 0 Å². The Balaban J connectivity index is 1.96. The number of amides is 3. The SMILES string of the molecule is CC(=O)Nc1nc(C(=O)N2CCCc3c(NC(C)=O)ccc(C)c32)cs1. The topological polar surface area (TPSA) is 91.4 Å². The summed E-state index contributed by atoms with van der Waals surface area (Å²) < 4.78 is 0. The van der Waals surface area contributed by atoms with E-state index in [1.165, 1.54) is 25.2 Å². The Morgan fingerprint density at radius 3 is 2.58 bits per heavy atom. The van der Waals surface area contributed by atoms with Gasteiger partial charge in [0.1, 0.15) is 5.69 Å². The number of aryl methyl sites for hydroxylation is 1. The lowest BCUT2D eigenvalue weighted by atomic mass is 9.96. The summed E-state index contributed by atoms with van der Waals surface area (Å²) in [5, 5.41) is 7.49. The molecule has 1 aliphatic rings. The number of hydrogen-bond acceptors (Lipinski definition) is 5. The van der Waals surface area contributed by atoms with E-state index < -0.39 is 0 Å². The van der Waals surface area contributed by atoms with E-state index in [1.807, 2.05) is 19.1 Å². The molecule has 7 nitrogen and oxygen atoms in total. The fraction of sp³-hybridized carbons (Fsp3) is 0.333. The summed E-state index contributed by atoms with van der Waals surface area (Å²) in [5.41, 5.74) is 3.82. The normalized spacial score (nSPS) is 13.1. The highest BCUT2D eigenvalue weighted by atomic mass is 32.1. The van der Waals surface area contributed by atoms with E-state index in [4.69, 9.17) is 0 Å². The predicted octanol–water partition coefficient (Wildman–Crippen LogP) is 2.96. The minimum Gasteiger partial charge on any atom is -0.326 e. The molecule has 3 amide bonds. The summed E-state index contributed by atoms with van der Waals surface area (Å²) in [6, 6.07) is 3.78. The molecule has 0 fully saturated rings. The molecular weight excluding hydrogens is 352 g/mol. The Morgan fingerprint density at radius 2 is 1.88 bits per heavy atom. The first-order valence-corrected chi connectivity index (χ1v) is 9.20. The van der Waals surface area contributed by atoms with Crippen molar-refractivity contribution >= 4 is 45.6 Å². The number of benzene rings is 1. The smallest absolute Gasteiger partial charge is 0.277 e. The van der Waals surface area contributed by atoms with Crippen LogP contribution in [-0.2, 0) is 16.0 Å². The standard InChI is InChI=1S/C18H20N4O3S/c1-10-6-7-14(19-11(2)23)13-5-4-8-22(16(10)13)17(25)15-9-26-18(21-15)20-12(3)24/h6-7,9H,4-5,8H2,1-3H3,(H,19,23)(H,20,21,24). The van der Waals surface area contributed by atoms with Gasteiger partial charge in [0.05, 0.1) is 5.69 Å². The number of rotatable bonds is 3. The van der Waals surface area contributed by atoms with Gasteiger partial charge in [-0.3, -0.25) is 14.4 Å². The van der Waals surface area contributed by atoms with Gasteiger partial charge in [-0.1, -0.05) is 6.07 Å². The van der Waals surface area contributed by atoms with Gasteiger partial charge >= 0.3 is 0 Å². The Bertz CT molecular complexity index is 891. The molecule has 0 saturated heterocycles. The highest BCUT2D eigenvalue weighted by molar-refractivity contribution is 7.14. The van der Waals surface area contributed by atoms with Crippen LogP contribution in [-0.4, -0.2) is 29.3 Å². The van der Waals surface area contributed by atoms with Crippen LogP contribution in [0.1, 0.15) is 41.9 Å². The van der Waals surface area contributed by atoms with Crippen molar-refractivity contribution in [2.45, 2.75) is 33.6 Å². The molecule has 3 rings (SSSR count). The van der Waals surface area contributed by atoms with Crippen molar-refractivity contribution in [3.63, 3.8) is 0 Å². The van der Waals surface area contributed by atoms with Crippen LogP contribution >= 0.6 is 11.3 Å². The number of hydrogen-bond donors (Lipinski definition) is 2. The predicted molar refractivity (Wildman–Crippen MR) is 102 cm³/mol. The third-order valence-electron chi connectivity index (χ3n) is 4.13. The van der Waals surface area contributed by atoms with Gasteiger partial charge in [-0.25, -0.2) is 4.98 Å². The van der Waals surface area contributed by atoms with E-state index in [0.717, 1.165) is 35.3 Å². The molecule has 0 aliphatic carbocycles. The Morgan fingerprint density at radius 1 is 1.15 bits per heavy atom. The highest BCUT2D eigenvalue weighted by Gasteiger charge is 2.28. The largest absolute Gasteiger partial charge is 0.326 e. The molecule has 2 aromatic rings. The van der Waals surface area contributed by atoms with Crippen molar-refractivity contribution in [2.75, 3.05) is 22.1 Å². The molecule has 136 valence electrons. The van der Waals surface area contributed by atoms with Crippen molar-refractivity contribution < 1.29 is 14.4 Å². The molecular formula is C18H20N4O3S. The summed E-state index contributed by atoms with van der Waals surface area (Å²) in [4.78, 5) is 41.6. The van der Waals surface area contributed by atoms with Gasteiger partial charge in [0.25, 0.3) is 5.91 Å². The number of nitrogens with one attached hydrogen (secondary N) is 2. The number of nitrogens with zero attached hydrogens (tertiary/aromatic N) is 2. The zero-order valence-electron chi connectivity index (χ0n) is 14.9. The molecule has 2 N–H and O–H groups in total. The lowest BCUT2D eigenvalue weighted by Gasteiger charge is -2.32. The monoisotopic (exact) mass is 372 g/mol. The summed E-state index contributed by atoms with van der Waals surface area (Å²) in [5.74, 6) is -0.571.